The molecule has 1 saturated carbocycles. The standard InChI is InChI=1S/C16H24O/c1-13-9-11-15(12-10-13)16(17)14-7-5-3-2-4-6-8-14/h9-12,14,16-17H,2-8H2,1H3. The molecule has 1 heteroatoms. The second-order valence-electron chi connectivity index (χ2n) is 5.46. The first-order valence-corrected chi connectivity index (χ1v) is 7.02. The van der Waals surface area contributed by atoms with Crippen LogP contribution < -0.4 is 0 Å². The van der Waals surface area contributed by atoms with Gasteiger partial charge in [0.25, 0.3) is 0 Å². The molecule has 1 nitrogen and oxygen atoms in total. The minimum Gasteiger partial charge on any atom is -0.388 e. The lowest BCUT2D eigenvalue weighted by atomic mass is 9.84. The molecule has 0 bridgehead atoms. The normalized spacial score (nSPS) is 20.6. The maximum Gasteiger partial charge on any atom is 0.0818 e. The Morgan fingerprint density at radius 3 is 2.06 bits per heavy atom. The van der Waals surface area contributed by atoms with Gasteiger partial charge in [-0.25, -0.2) is 0 Å². The molecule has 1 unspecified atom stereocenters. The maximum atomic E-state index is 10.5. The van der Waals surface area contributed by atoms with Crippen LogP contribution in [0.15, 0.2) is 24.3 Å². The van der Waals surface area contributed by atoms with Gasteiger partial charge in [0, 0.05) is 0 Å². The molecular formula is C16H24O. The van der Waals surface area contributed by atoms with Crippen LogP contribution in [0.5, 0.6) is 0 Å². The fourth-order valence-corrected chi connectivity index (χ4v) is 2.84. The topological polar surface area (TPSA) is 20.2 Å². The van der Waals surface area contributed by atoms with E-state index in [0.29, 0.717) is 5.92 Å². The number of hydrogen-bond acceptors (Lipinski definition) is 1. The lowest BCUT2D eigenvalue weighted by molar-refractivity contribution is 0.0913. The zero-order valence-electron chi connectivity index (χ0n) is 10.9. The van der Waals surface area contributed by atoms with Crippen molar-refractivity contribution in [1.29, 1.82) is 0 Å². The summed E-state index contributed by atoms with van der Waals surface area (Å²) in [5, 5.41) is 10.5. The van der Waals surface area contributed by atoms with Gasteiger partial charge in [0.05, 0.1) is 6.10 Å². The minimum absolute atomic E-state index is 0.256. The fraction of sp³-hybridized carbons (Fsp3) is 0.625. The van der Waals surface area contributed by atoms with E-state index in [2.05, 4.69) is 31.2 Å². The molecule has 94 valence electrons. The van der Waals surface area contributed by atoms with Crippen molar-refractivity contribution in [3.05, 3.63) is 35.4 Å². The van der Waals surface area contributed by atoms with Gasteiger partial charge in [0.2, 0.25) is 0 Å². The average Bonchev–Trinajstić information content (AvgIpc) is 2.29. The van der Waals surface area contributed by atoms with Crippen LogP contribution in [0.1, 0.15) is 62.2 Å². The van der Waals surface area contributed by atoms with Crippen LogP contribution in [0.2, 0.25) is 0 Å². The van der Waals surface area contributed by atoms with Gasteiger partial charge < -0.3 is 5.11 Å². The molecule has 2 rings (SSSR count). The summed E-state index contributed by atoms with van der Waals surface area (Å²) >= 11 is 0. The van der Waals surface area contributed by atoms with E-state index < -0.39 is 0 Å². The molecule has 1 aromatic rings. The molecule has 1 aliphatic carbocycles. The molecule has 1 N–H and O–H groups in total. The minimum atomic E-state index is -0.256. The Bertz CT molecular complexity index is 320. The number of aliphatic hydroxyl groups is 1. The van der Waals surface area contributed by atoms with Crippen LogP contribution in [0.25, 0.3) is 0 Å². The number of rotatable bonds is 2. The highest BCUT2D eigenvalue weighted by Crippen LogP contribution is 2.32. The molecule has 0 amide bonds. The van der Waals surface area contributed by atoms with Gasteiger partial charge in [-0.3, -0.25) is 0 Å². The van der Waals surface area contributed by atoms with Crippen molar-refractivity contribution in [2.45, 2.75) is 58.0 Å². The zero-order chi connectivity index (χ0) is 12.1. The van der Waals surface area contributed by atoms with Crippen LogP contribution in [-0.2, 0) is 0 Å². The summed E-state index contributed by atoms with van der Waals surface area (Å²) in [6.07, 6.45) is 8.76. The van der Waals surface area contributed by atoms with E-state index in [1.54, 1.807) is 0 Å². The summed E-state index contributed by atoms with van der Waals surface area (Å²) in [5.74, 6) is 0.470. The van der Waals surface area contributed by atoms with Crippen molar-refractivity contribution in [3.63, 3.8) is 0 Å². The number of aryl methyl sites for hydroxylation is 1. The summed E-state index contributed by atoms with van der Waals surface area (Å²) in [6.45, 7) is 2.09. The van der Waals surface area contributed by atoms with Crippen molar-refractivity contribution >= 4 is 0 Å². The molecule has 0 aliphatic heterocycles. The van der Waals surface area contributed by atoms with Crippen molar-refractivity contribution in [2.75, 3.05) is 0 Å². The molecule has 0 heterocycles. The van der Waals surface area contributed by atoms with Crippen molar-refractivity contribution in [3.8, 4) is 0 Å². The Kier molecular flexibility index (Phi) is 4.61. The Morgan fingerprint density at radius 1 is 0.941 bits per heavy atom. The van der Waals surface area contributed by atoms with E-state index in [1.807, 2.05) is 0 Å². The van der Waals surface area contributed by atoms with Crippen LogP contribution in [0.3, 0.4) is 0 Å². The molecule has 0 spiro atoms. The lowest BCUT2D eigenvalue weighted by Crippen LogP contribution is -2.14. The lowest BCUT2D eigenvalue weighted by Gasteiger charge is -2.25. The average molecular weight is 232 g/mol. The third-order valence-electron chi connectivity index (χ3n) is 4.02. The van der Waals surface area contributed by atoms with Gasteiger partial charge in [-0.1, -0.05) is 61.9 Å². The highest BCUT2D eigenvalue weighted by molar-refractivity contribution is 5.23. The van der Waals surface area contributed by atoms with E-state index in [0.717, 1.165) is 5.56 Å². The molecule has 0 radical (unpaired) electrons. The van der Waals surface area contributed by atoms with Gasteiger partial charge in [-0.05, 0) is 31.2 Å². The molecule has 0 aromatic heterocycles. The third kappa shape index (κ3) is 3.57. The van der Waals surface area contributed by atoms with Gasteiger partial charge in [-0.2, -0.15) is 0 Å². The molecule has 1 aromatic carbocycles. The SMILES string of the molecule is Cc1ccc(C(O)C2CCCCCCC2)cc1. The Hall–Kier alpha value is -0.820. The molecule has 0 saturated heterocycles. The summed E-state index contributed by atoms with van der Waals surface area (Å²) in [6, 6.07) is 8.36. The number of aliphatic hydroxyl groups excluding tert-OH is 1. The summed E-state index contributed by atoms with van der Waals surface area (Å²) in [4.78, 5) is 0. The maximum absolute atomic E-state index is 10.5. The first-order valence-electron chi connectivity index (χ1n) is 7.02. The third-order valence-corrected chi connectivity index (χ3v) is 4.02. The van der Waals surface area contributed by atoms with Gasteiger partial charge in [-0.15, -0.1) is 0 Å². The van der Waals surface area contributed by atoms with E-state index in [1.165, 1.54) is 50.5 Å². The smallest absolute Gasteiger partial charge is 0.0818 e. The molecule has 1 aliphatic rings. The van der Waals surface area contributed by atoms with E-state index in [-0.39, 0.29) is 6.10 Å². The number of hydrogen-bond donors (Lipinski definition) is 1. The molecule has 1 atom stereocenters. The largest absolute Gasteiger partial charge is 0.388 e. The van der Waals surface area contributed by atoms with Crippen molar-refractivity contribution in [2.24, 2.45) is 5.92 Å². The molecule has 17 heavy (non-hydrogen) atoms. The van der Waals surface area contributed by atoms with E-state index in [9.17, 15) is 5.11 Å². The van der Waals surface area contributed by atoms with Crippen molar-refractivity contribution in [1.82, 2.24) is 0 Å². The first kappa shape index (κ1) is 12.6. The van der Waals surface area contributed by atoms with Crippen LogP contribution in [0.4, 0.5) is 0 Å². The zero-order valence-corrected chi connectivity index (χ0v) is 10.9. The van der Waals surface area contributed by atoms with Crippen LogP contribution >= 0.6 is 0 Å². The second-order valence-corrected chi connectivity index (χ2v) is 5.46. The predicted molar refractivity (Wildman–Crippen MR) is 71.9 cm³/mol. The van der Waals surface area contributed by atoms with Gasteiger partial charge in [0.15, 0.2) is 0 Å². The number of benzene rings is 1. The van der Waals surface area contributed by atoms with E-state index in [4.69, 9.17) is 0 Å². The second kappa shape index (κ2) is 6.20. The Balaban J connectivity index is 2.01. The summed E-state index contributed by atoms with van der Waals surface area (Å²) in [5.41, 5.74) is 2.36. The summed E-state index contributed by atoms with van der Waals surface area (Å²) in [7, 11) is 0. The predicted octanol–water partition coefficient (Wildman–Crippen LogP) is 4.39. The van der Waals surface area contributed by atoms with Crippen LogP contribution in [-0.4, -0.2) is 5.11 Å². The Labute approximate surface area is 105 Å². The summed E-state index contributed by atoms with van der Waals surface area (Å²) < 4.78 is 0. The van der Waals surface area contributed by atoms with Gasteiger partial charge in [0.1, 0.15) is 0 Å². The Morgan fingerprint density at radius 2 is 1.47 bits per heavy atom. The monoisotopic (exact) mass is 232 g/mol. The first-order chi connectivity index (χ1) is 8.27. The van der Waals surface area contributed by atoms with E-state index >= 15 is 0 Å². The fourth-order valence-electron chi connectivity index (χ4n) is 2.84. The highest BCUT2D eigenvalue weighted by atomic mass is 16.3. The molecule has 1 fully saturated rings. The van der Waals surface area contributed by atoms with Crippen LogP contribution in [0, 0.1) is 12.8 Å². The van der Waals surface area contributed by atoms with Crippen molar-refractivity contribution < 1.29 is 5.11 Å². The highest BCUT2D eigenvalue weighted by Gasteiger charge is 2.21. The quantitative estimate of drug-likeness (QED) is 0.801. The van der Waals surface area contributed by atoms with Gasteiger partial charge >= 0.3 is 0 Å². The molecular weight excluding hydrogens is 208 g/mol.